The summed E-state index contributed by atoms with van der Waals surface area (Å²) in [4.78, 5) is 25.0. The average molecular weight is 291 g/mol. The largest absolute Gasteiger partial charge is 0.480 e. The fourth-order valence-corrected chi connectivity index (χ4v) is 2.33. The Bertz CT molecular complexity index is 491. The van der Waals surface area contributed by atoms with Crippen molar-refractivity contribution in [2.75, 3.05) is 6.54 Å². The van der Waals surface area contributed by atoms with Gasteiger partial charge in [-0.25, -0.2) is 4.79 Å². The van der Waals surface area contributed by atoms with Crippen LogP contribution in [0, 0.1) is 0 Å². The highest BCUT2D eigenvalue weighted by Gasteiger charge is 2.36. The van der Waals surface area contributed by atoms with Gasteiger partial charge in [-0.15, -0.1) is 0 Å². The number of carboxylic acid groups (broad SMARTS) is 1. The molecule has 4 heteroatoms. The molecule has 0 radical (unpaired) electrons. The summed E-state index contributed by atoms with van der Waals surface area (Å²) < 4.78 is 0. The number of carbonyl (C=O) groups is 2. The number of rotatable bonds is 7. The summed E-state index contributed by atoms with van der Waals surface area (Å²) in [5.41, 5.74) is 1.20. The van der Waals surface area contributed by atoms with Crippen molar-refractivity contribution >= 4 is 11.9 Å². The number of aliphatic carboxylic acids is 1. The molecule has 1 rings (SSSR count). The molecule has 1 aromatic rings. The molecule has 1 amide bonds. The van der Waals surface area contributed by atoms with Crippen LogP contribution >= 0.6 is 0 Å². The predicted molar refractivity (Wildman–Crippen MR) is 83.2 cm³/mol. The third-order valence-corrected chi connectivity index (χ3v) is 3.87. The first-order valence-corrected chi connectivity index (χ1v) is 7.44. The number of hydrogen-bond donors (Lipinski definition) is 1. The van der Waals surface area contributed by atoms with Gasteiger partial charge in [0.1, 0.15) is 5.54 Å². The molecule has 0 heterocycles. The summed E-state index contributed by atoms with van der Waals surface area (Å²) in [5, 5.41) is 9.24. The summed E-state index contributed by atoms with van der Waals surface area (Å²) in [6, 6.07) is 8.20. The maximum Gasteiger partial charge on any atom is 0.329 e. The van der Waals surface area contributed by atoms with Gasteiger partial charge in [-0.05, 0) is 44.7 Å². The lowest BCUT2D eigenvalue weighted by Crippen LogP contribution is -2.52. The third-order valence-electron chi connectivity index (χ3n) is 3.87. The minimum atomic E-state index is -1.17. The van der Waals surface area contributed by atoms with Crippen LogP contribution < -0.4 is 0 Å². The molecule has 0 unspecified atom stereocenters. The van der Waals surface area contributed by atoms with E-state index in [1.165, 1.54) is 10.5 Å². The third kappa shape index (κ3) is 4.31. The van der Waals surface area contributed by atoms with Crippen LogP contribution in [0.4, 0.5) is 0 Å². The van der Waals surface area contributed by atoms with Crippen molar-refractivity contribution in [3.8, 4) is 0 Å². The van der Waals surface area contributed by atoms with Gasteiger partial charge in [-0.2, -0.15) is 0 Å². The monoisotopic (exact) mass is 291 g/mol. The quantitative estimate of drug-likeness (QED) is 0.840. The van der Waals surface area contributed by atoms with Crippen LogP contribution in [-0.2, 0) is 22.4 Å². The van der Waals surface area contributed by atoms with Crippen molar-refractivity contribution in [1.29, 1.82) is 0 Å². The average Bonchev–Trinajstić information content (AvgIpc) is 2.46. The fourth-order valence-electron chi connectivity index (χ4n) is 2.33. The summed E-state index contributed by atoms with van der Waals surface area (Å²) in [6.45, 7) is 7.43. The van der Waals surface area contributed by atoms with Crippen LogP contribution in [0.25, 0.3) is 0 Å². The second-order valence-electron chi connectivity index (χ2n) is 5.67. The number of aryl methyl sites for hydroxylation is 2. The Kier molecular flexibility index (Phi) is 5.94. The lowest BCUT2D eigenvalue weighted by molar-refractivity contribution is -0.156. The van der Waals surface area contributed by atoms with Crippen LogP contribution in [0.5, 0.6) is 0 Å². The Morgan fingerprint density at radius 1 is 1.10 bits per heavy atom. The Hall–Kier alpha value is -1.84. The number of benzene rings is 1. The summed E-state index contributed by atoms with van der Waals surface area (Å²) in [7, 11) is 0. The highest BCUT2D eigenvalue weighted by atomic mass is 16.4. The molecule has 0 bridgehead atoms. The zero-order valence-electron chi connectivity index (χ0n) is 13.3. The van der Waals surface area contributed by atoms with Crippen molar-refractivity contribution in [2.45, 2.75) is 52.5 Å². The van der Waals surface area contributed by atoms with E-state index in [9.17, 15) is 14.7 Å². The Labute approximate surface area is 126 Å². The first-order chi connectivity index (χ1) is 9.82. The molecule has 1 N–H and O–H groups in total. The van der Waals surface area contributed by atoms with Crippen molar-refractivity contribution in [3.63, 3.8) is 0 Å². The van der Waals surface area contributed by atoms with Gasteiger partial charge in [0.05, 0.1) is 0 Å². The molecule has 0 aromatic heterocycles. The van der Waals surface area contributed by atoms with Crippen LogP contribution in [0.15, 0.2) is 24.3 Å². The second-order valence-corrected chi connectivity index (χ2v) is 5.67. The molecule has 0 aliphatic rings. The Morgan fingerprint density at radius 2 is 1.62 bits per heavy atom. The number of nitrogens with zero attached hydrogens (tertiary/aromatic N) is 1. The molecular formula is C17H25NO3. The lowest BCUT2D eigenvalue weighted by Gasteiger charge is -2.34. The number of hydrogen-bond acceptors (Lipinski definition) is 2. The summed E-state index contributed by atoms with van der Waals surface area (Å²) in [5.74, 6) is -1.10. The fraction of sp³-hybridized carbons (Fsp3) is 0.529. The molecule has 0 aliphatic heterocycles. The Morgan fingerprint density at radius 3 is 2.05 bits per heavy atom. The van der Waals surface area contributed by atoms with Crippen LogP contribution in [-0.4, -0.2) is 34.0 Å². The zero-order chi connectivity index (χ0) is 16.0. The maximum absolute atomic E-state index is 12.3. The van der Waals surface area contributed by atoms with Gasteiger partial charge in [0.15, 0.2) is 0 Å². The lowest BCUT2D eigenvalue weighted by atomic mass is 10.0. The van der Waals surface area contributed by atoms with E-state index < -0.39 is 11.5 Å². The van der Waals surface area contributed by atoms with E-state index in [4.69, 9.17) is 0 Å². The van der Waals surface area contributed by atoms with E-state index in [2.05, 4.69) is 19.1 Å². The number of likely N-dealkylation sites (N-methyl/N-ethyl adjacent to an activating group) is 1. The zero-order valence-corrected chi connectivity index (χ0v) is 13.3. The van der Waals surface area contributed by atoms with Gasteiger partial charge < -0.3 is 10.0 Å². The predicted octanol–water partition coefficient (Wildman–Crippen LogP) is 2.89. The summed E-state index contributed by atoms with van der Waals surface area (Å²) >= 11 is 0. The van der Waals surface area contributed by atoms with E-state index in [1.807, 2.05) is 12.1 Å². The SMILES string of the molecule is CCc1ccc(CCC(=O)N(CC)C(C)(C)C(=O)O)cc1. The molecule has 116 valence electrons. The minimum Gasteiger partial charge on any atom is -0.480 e. The normalized spacial score (nSPS) is 11.2. The first-order valence-electron chi connectivity index (χ1n) is 7.44. The van der Waals surface area contributed by atoms with Gasteiger partial charge in [0, 0.05) is 13.0 Å². The van der Waals surface area contributed by atoms with Gasteiger partial charge in [-0.3, -0.25) is 4.79 Å². The minimum absolute atomic E-state index is 0.121. The van der Waals surface area contributed by atoms with Crippen molar-refractivity contribution in [2.24, 2.45) is 0 Å². The van der Waals surface area contributed by atoms with E-state index in [0.29, 0.717) is 19.4 Å². The van der Waals surface area contributed by atoms with E-state index in [0.717, 1.165) is 12.0 Å². The molecule has 4 nitrogen and oxygen atoms in total. The number of carboxylic acids is 1. The van der Waals surface area contributed by atoms with Gasteiger partial charge in [0.2, 0.25) is 5.91 Å². The molecule has 0 saturated carbocycles. The summed E-state index contributed by atoms with van der Waals surface area (Å²) in [6.07, 6.45) is 1.96. The number of carbonyl (C=O) groups excluding carboxylic acids is 1. The van der Waals surface area contributed by atoms with E-state index in [-0.39, 0.29) is 5.91 Å². The molecule has 0 saturated heterocycles. The maximum atomic E-state index is 12.3. The molecule has 0 fully saturated rings. The van der Waals surface area contributed by atoms with Crippen LogP contribution in [0.3, 0.4) is 0 Å². The van der Waals surface area contributed by atoms with Crippen molar-refractivity contribution < 1.29 is 14.7 Å². The first kappa shape index (κ1) is 17.2. The smallest absolute Gasteiger partial charge is 0.329 e. The molecule has 0 aliphatic carbocycles. The standard InChI is InChI=1S/C17H25NO3/c1-5-13-7-9-14(10-8-13)11-12-15(19)18(6-2)17(3,4)16(20)21/h7-10H,5-6,11-12H2,1-4H3,(H,20,21). The van der Waals surface area contributed by atoms with Gasteiger partial charge >= 0.3 is 5.97 Å². The van der Waals surface area contributed by atoms with E-state index in [1.54, 1.807) is 20.8 Å². The molecular weight excluding hydrogens is 266 g/mol. The topological polar surface area (TPSA) is 57.6 Å². The van der Waals surface area contributed by atoms with Gasteiger partial charge in [0.25, 0.3) is 0 Å². The molecule has 1 aromatic carbocycles. The number of amides is 1. The highest BCUT2D eigenvalue weighted by molar-refractivity contribution is 5.86. The van der Waals surface area contributed by atoms with Crippen LogP contribution in [0.1, 0.15) is 45.2 Å². The molecule has 0 atom stereocenters. The van der Waals surface area contributed by atoms with E-state index >= 15 is 0 Å². The second kappa shape index (κ2) is 7.25. The Balaban J connectivity index is 2.68. The van der Waals surface area contributed by atoms with Gasteiger partial charge in [-0.1, -0.05) is 31.2 Å². The van der Waals surface area contributed by atoms with Crippen LogP contribution in [0.2, 0.25) is 0 Å². The molecule has 0 spiro atoms. The van der Waals surface area contributed by atoms with Crippen molar-refractivity contribution in [1.82, 2.24) is 4.90 Å². The highest BCUT2D eigenvalue weighted by Crippen LogP contribution is 2.17. The van der Waals surface area contributed by atoms with Crippen molar-refractivity contribution in [3.05, 3.63) is 35.4 Å². The molecule has 21 heavy (non-hydrogen) atoms.